The van der Waals surface area contributed by atoms with Crippen molar-refractivity contribution in [3.8, 4) is 0 Å². The van der Waals surface area contributed by atoms with Gasteiger partial charge in [0.2, 0.25) is 5.91 Å². The summed E-state index contributed by atoms with van der Waals surface area (Å²) >= 11 is 0. The number of amides is 1. The first-order valence-electron chi connectivity index (χ1n) is 7.24. The van der Waals surface area contributed by atoms with Crippen LogP contribution in [0.3, 0.4) is 0 Å². The fraction of sp³-hybridized carbons (Fsp3) is 0.714. The van der Waals surface area contributed by atoms with Gasteiger partial charge in [0.05, 0.1) is 12.0 Å². The third-order valence-electron chi connectivity index (χ3n) is 4.45. The molecule has 1 aliphatic carbocycles. The number of hydrogen-bond donors (Lipinski definition) is 1. The molecule has 1 saturated carbocycles. The topological polar surface area (TPSA) is 52.2 Å². The summed E-state index contributed by atoms with van der Waals surface area (Å²) in [6, 6.07) is 0. The number of aryl methyl sites for hydroxylation is 1. The Bertz CT molecular complexity index is 444. The Morgan fingerprint density at radius 2 is 2.11 bits per heavy atom. The number of hydrogen-bond acceptors (Lipinski definition) is 3. The van der Waals surface area contributed by atoms with E-state index >= 15 is 0 Å². The summed E-state index contributed by atoms with van der Waals surface area (Å²) < 4.78 is 0. The standard InChI is InChI=1S/C14H22N4O/c1-11-13(16-10-15-11)9-17-5-7-18(8-6-17)14(19)12-3-2-4-12/h10,12H,2-9H2,1H3,(H,15,16). The average Bonchev–Trinajstić information content (AvgIpc) is 2.74. The predicted molar refractivity (Wildman–Crippen MR) is 72.5 cm³/mol. The van der Waals surface area contributed by atoms with Crippen LogP contribution in [-0.2, 0) is 11.3 Å². The van der Waals surface area contributed by atoms with Crippen LogP contribution in [0.4, 0.5) is 0 Å². The van der Waals surface area contributed by atoms with Gasteiger partial charge in [-0.2, -0.15) is 0 Å². The fourth-order valence-electron chi connectivity index (χ4n) is 2.80. The zero-order valence-electron chi connectivity index (χ0n) is 11.6. The molecule has 2 fully saturated rings. The molecular formula is C14H22N4O. The van der Waals surface area contributed by atoms with E-state index in [9.17, 15) is 4.79 Å². The monoisotopic (exact) mass is 262 g/mol. The number of aromatic amines is 1. The van der Waals surface area contributed by atoms with Gasteiger partial charge in [-0.25, -0.2) is 4.98 Å². The highest BCUT2D eigenvalue weighted by molar-refractivity contribution is 5.79. The van der Waals surface area contributed by atoms with Crippen LogP contribution in [0.1, 0.15) is 30.7 Å². The molecule has 5 nitrogen and oxygen atoms in total. The molecule has 1 N–H and O–H groups in total. The van der Waals surface area contributed by atoms with Crippen LogP contribution in [0.15, 0.2) is 6.33 Å². The molecule has 2 heterocycles. The van der Waals surface area contributed by atoms with Gasteiger partial charge in [0.1, 0.15) is 0 Å². The van der Waals surface area contributed by atoms with E-state index in [1.807, 2.05) is 0 Å². The van der Waals surface area contributed by atoms with Gasteiger partial charge in [-0.05, 0) is 19.8 Å². The molecule has 1 aromatic rings. The first-order chi connectivity index (χ1) is 9.24. The highest BCUT2D eigenvalue weighted by atomic mass is 16.2. The van der Waals surface area contributed by atoms with E-state index in [2.05, 4.69) is 26.7 Å². The lowest BCUT2D eigenvalue weighted by Crippen LogP contribution is -2.50. The molecule has 1 amide bonds. The summed E-state index contributed by atoms with van der Waals surface area (Å²) in [4.78, 5) is 24.0. The van der Waals surface area contributed by atoms with Crippen LogP contribution in [0.25, 0.3) is 0 Å². The molecular weight excluding hydrogens is 240 g/mol. The van der Waals surface area contributed by atoms with Gasteiger partial charge >= 0.3 is 0 Å². The van der Waals surface area contributed by atoms with Gasteiger partial charge in [0, 0.05) is 44.3 Å². The largest absolute Gasteiger partial charge is 0.348 e. The van der Waals surface area contributed by atoms with Gasteiger partial charge in [0.25, 0.3) is 0 Å². The zero-order chi connectivity index (χ0) is 13.2. The van der Waals surface area contributed by atoms with Crippen molar-refractivity contribution in [3.63, 3.8) is 0 Å². The third kappa shape index (κ3) is 2.66. The van der Waals surface area contributed by atoms with Gasteiger partial charge < -0.3 is 9.88 Å². The zero-order valence-corrected chi connectivity index (χ0v) is 11.6. The van der Waals surface area contributed by atoms with Gasteiger partial charge in [0.15, 0.2) is 0 Å². The fourth-order valence-corrected chi connectivity index (χ4v) is 2.80. The summed E-state index contributed by atoms with van der Waals surface area (Å²) in [5.74, 6) is 0.724. The second kappa shape index (κ2) is 5.33. The maximum Gasteiger partial charge on any atom is 0.225 e. The molecule has 2 aliphatic rings. The Hall–Kier alpha value is -1.36. The predicted octanol–water partition coefficient (Wildman–Crippen LogP) is 1.16. The van der Waals surface area contributed by atoms with E-state index in [1.165, 1.54) is 6.42 Å². The maximum absolute atomic E-state index is 12.1. The maximum atomic E-state index is 12.1. The number of nitrogens with one attached hydrogen (secondary N) is 1. The molecule has 19 heavy (non-hydrogen) atoms. The van der Waals surface area contributed by atoms with Crippen LogP contribution in [0, 0.1) is 12.8 Å². The lowest BCUT2D eigenvalue weighted by Gasteiger charge is -2.38. The molecule has 1 saturated heterocycles. The molecule has 0 aromatic carbocycles. The molecule has 3 rings (SSSR count). The minimum Gasteiger partial charge on any atom is -0.348 e. The van der Waals surface area contributed by atoms with Crippen molar-refractivity contribution < 1.29 is 4.79 Å². The Kier molecular flexibility index (Phi) is 3.55. The second-order valence-corrected chi connectivity index (χ2v) is 5.70. The summed E-state index contributed by atoms with van der Waals surface area (Å²) in [5.41, 5.74) is 2.27. The first-order valence-corrected chi connectivity index (χ1v) is 7.24. The van der Waals surface area contributed by atoms with Crippen molar-refractivity contribution in [1.82, 2.24) is 19.8 Å². The summed E-state index contributed by atoms with van der Waals surface area (Å²) in [6.45, 7) is 6.62. The molecule has 0 atom stereocenters. The third-order valence-corrected chi connectivity index (χ3v) is 4.45. The molecule has 0 unspecified atom stereocenters. The van der Waals surface area contributed by atoms with E-state index in [4.69, 9.17) is 0 Å². The highest BCUT2D eigenvalue weighted by Gasteiger charge is 2.31. The molecule has 1 aliphatic heterocycles. The van der Waals surface area contributed by atoms with E-state index < -0.39 is 0 Å². The first kappa shape index (κ1) is 12.7. The minimum absolute atomic E-state index is 0.333. The molecule has 5 heteroatoms. The minimum atomic E-state index is 0.333. The Morgan fingerprint density at radius 3 is 2.63 bits per heavy atom. The summed E-state index contributed by atoms with van der Waals surface area (Å²) in [6.07, 6.45) is 5.19. The van der Waals surface area contributed by atoms with Gasteiger partial charge in [-0.15, -0.1) is 0 Å². The Labute approximate surface area is 114 Å². The van der Waals surface area contributed by atoms with Crippen molar-refractivity contribution in [3.05, 3.63) is 17.7 Å². The number of piperazine rings is 1. The lowest BCUT2D eigenvalue weighted by atomic mass is 9.84. The molecule has 0 radical (unpaired) electrons. The number of carbonyl (C=O) groups excluding carboxylic acids is 1. The molecule has 1 aromatic heterocycles. The lowest BCUT2D eigenvalue weighted by molar-refractivity contribution is -0.140. The SMILES string of the molecule is Cc1[nH]cnc1CN1CCN(C(=O)C2CCC2)CC1. The van der Waals surface area contributed by atoms with Crippen molar-refractivity contribution in [2.45, 2.75) is 32.7 Å². The van der Waals surface area contributed by atoms with E-state index in [-0.39, 0.29) is 0 Å². The van der Waals surface area contributed by atoms with Crippen LogP contribution in [0.2, 0.25) is 0 Å². The Balaban J connectivity index is 1.49. The smallest absolute Gasteiger partial charge is 0.225 e. The van der Waals surface area contributed by atoms with E-state index in [0.717, 1.165) is 57.0 Å². The van der Waals surface area contributed by atoms with Gasteiger partial charge in [-0.1, -0.05) is 6.42 Å². The van der Waals surface area contributed by atoms with Crippen LogP contribution >= 0.6 is 0 Å². The number of rotatable bonds is 3. The molecule has 0 bridgehead atoms. The van der Waals surface area contributed by atoms with Crippen molar-refractivity contribution in [2.75, 3.05) is 26.2 Å². The summed E-state index contributed by atoms with van der Waals surface area (Å²) in [5, 5.41) is 0. The van der Waals surface area contributed by atoms with E-state index in [1.54, 1.807) is 6.33 Å². The normalized spacial score (nSPS) is 21.4. The number of aromatic nitrogens is 2. The number of carbonyl (C=O) groups is 1. The van der Waals surface area contributed by atoms with Crippen LogP contribution in [-0.4, -0.2) is 51.9 Å². The number of nitrogens with zero attached hydrogens (tertiary/aromatic N) is 3. The van der Waals surface area contributed by atoms with E-state index in [0.29, 0.717) is 11.8 Å². The van der Waals surface area contributed by atoms with Crippen molar-refractivity contribution in [2.24, 2.45) is 5.92 Å². The number of imidazole rings is 1. The quantitative estimate of drug-likeness (QED) is 0.889. The summed E-state index contributed by atoms with van der Waals surface area (Å²) in [7, 11) is 0. The van der Waals surface area contributed by atoms with Gasteiger partial charge in [-0.3, -0.25) is 9.69 Å². The molecule has 104 valence electrons. The Morgan fingerprint density at radius 1 is 1.37 bits per heavy atom. The van der Waals surface area contributed by atoms with Crippen molar-refractivity contribution >= 4 is 5.91 Å². The molecule has 0 spiro atoms. The van der Waals surface area contributed by atoms with Crippen LogP contribution < -0.4 is 0 Å². The second-order valence-electron chi connectivity index (χ2n) is 5.70. The van der Waals surface area contributed by atoms with Crippen molar-refractivity contribution in [1.29, 1.82) is 0 Å². The highest BCUT2D eigenvalue weighted by Crippen LogP contribution is 2.28. The average molecular weight is 262 g/mol. The number of H-pyrrole nitrogens is 1. The van der Waals surface area contributed by atoms with Crippen LogP contribution in [0.5, 0.6) is 0 Å².